The van der Waals surface area contributed by atoms with Crippen LogP contribution < -0.4 is 4.74 Å². The predicted molar refractivity (Wildman–Crippen MR) is 76.5 cm³/mol. The van der Waals surface area contributed by atoms with Gasteiger partial charge in [0.2, 0.25) is 0 Å². The Bertz CT molecular complexity index is 814. The van der Waals surface area contributed by atoms with Crippen molar-refractivity contribution in [2.24, 2.45) is 0 Å². The van der Waals surface area contributed by atoms with E-state index in [2.05, 4.69) is 0 Å². The second kappa shape index (κ2) is 4.89. The smallest absolute Gasteiger partial charge is 0.271 e. The molecule has 3 rings (SSSR count). The van der Waals surface area contributed by atoms with Gasteiger partial charge in [0.15, 0.2) is 6.73 Å². The van der Waals surface area contributed by atoms with Gasteiger partial charge in [-0.15, -0.1) is 0 Å². The first-order valence-electron chi connectivity index (χ1n) is 6.36. The highest BCUT2D eigenvalue weighted by molar-refractivity contribution is 7.90. The van der Waals surface area contributed by atoms with E-state index >= 15 is 0 Å². The summed E-state index contributed by atoms with van der Waals surface area (Å²) in [5, 5.41) is 0. The number of rotatable bonds is 3. The largest absolute Gasteiger partial charge is 0.472 e. The van der Waals surface area contributed by atoms with Gasteiger partial charge < -0.3 is 4.74 Å². The average Bonchev–Trinajstić information content (AvgIpc) is 2.65. The fraction of sp³-hybridized carbons (Fsp3) is 0.133. The highest BCUT2D eigenvalue weighted by Crippen LogP contribution is 2.29. The van der Waals surface area contributed by atoms with Crippen LogP contribution in [-0.2, 0) is 10.0 Å². The fourth-order valence-corrected chi connectivity index (χ4v) is 3.63. The molecule has 0 N–H and O–H groups in total. The summed E-state index contributed by atoms with van der Waals surface area (Å²) in [6.07, 6.45) is 0. The highest BCUT2D eigenvalue weighted by Gasteiger charge is 2.41. The van der Waals surface area contributed by atoms with Crippen LogP contribution in [0.25, 0.3) is 0 Å². The molecular formula is C15H13NO4S. The van der Waals surface area contributed by atoms with Crippen LogP contribution in [0, 0.1) is 6.92 Å². The minimum absolute atomic E-state index is 0.0304. The average molecular weight is 303 g/mol. The summed E-state index contributed by atoms with van der Waals surface area (Å²) in [5.74, 6) is -0.0350. The van der Waals surface area contributed by atoms with E-state index in [0.717, 1.165) is 9.87 Å². The molecule has 5 nitrogen and oxygen atoms in total. The molecule has 0 fully saturated rings. The number of benzene rings is 2. The van der Waals surface area contributed by atoms with Crippen LogP contribution in [0.15, 0.2) is 53.4 Å². The molecule has 2 aromatic carbocycles. The number of carbonyl (C=O) groups is 1. The van der Waals surface area contributed by atoms with E-state index in [0.29, 0.717) is 5.75 Å². The van der Waals surface area contributed by atoms with E-state index in [1.807, 2.05) is 13.0 Å². The minimum atomic E-state index is -3.82. The number of aryl methyl sites for hydroxylation is 1. The first-order chi connectivity index (χ1) is 10.00. The van der Waals surface area contributed by atoms with Crippen molar-refractivity contribution < 1.29 is 17.9 Å². The lowest BCUT2D eigenvalue weighted by Crippen LogP contribution is -2.33. The van der Waals surface area contributed by atoms with Crippen molar-refractivity contribution in [1.82, 2.24) is 4.31 Å². The summed E-state index contributed by atoms with van der Waals surface area (Å²) < 4.78 is 30.8. The Morgan fingerprint density at radius 2 is 1.86 bits per heavy atom. The summed E-state index contributed by atoms with van der Waals surface area (Å²) in [5.41, 5.74) is 1.18. The minimum Gasteiger partial charge on any atom is -0.472 e. The Balaban J connectivity index is 1.86. The third kappa shape index (κ3) is 2.27. The van der Waals surface area contributed by atoms with Gasteiger partial charge in [-0.1, -0.05) is 24.3 Å². The molecule has 0 unspecified atom stereocenters. The monoisotopic (exact) mass is 303 g/mol. The Kier molecular flexibility index (Phi) is 3.17. The van der Waals surface area contributed by atoms with Crippen LogP contribution in [0.3, 0.4) is 0 Å². The normalized spacial score (nSPS) is 15.9. The molecule has 0 atom stereocenters. The van der Waals surface area contributed by atoms with Crippen molar-refractivity contribution in [3.05, 3.63) is 59.7 Å². The van der Waals surface area contributed by atoms with Crippen LogP contribution in [0.4, 0.5) is 0 Å². The molecule has 0 saturated heterocycles. The van der Waals surface area contributed by atoms with Gasteiger partial charge in [-0.3, -0.25) is 4.79 Å². The number of hydrogen-bond acceptors (Lipinski definition) is 4. The predicted octanol–water partition coefficient (Wildman–Crippen LogP) is 2.18. The number of fused-ring (bicyclic) bond motifs is 1. The van der Waals surface area contributed by atoms with Crippen LogP contribution in [0.1, 0.15) is 15.9 Å². The standard InChI is InChI=1S/C15H13NO4S/c1-11-5-4-6-12(9-11)20-10-16-15(17)13-7-2-3-8-14(13)21(16,18)19/h2-9H,10H2,1H3. The molecule has 0 saturated carbocycles. The maximum atomic E-state index is 12.3. The number of hydrogen-bond donors (Lipinski definition) is 0. The SMILES string of the molecule is Cc1cccc(OCN2C(=O)c3ccccc3S2(=O)=O)c1. The molecule has 1 aliphatic heterocycles. The van der Waals surface area contributed by atoms with Crippen molar-refractivity contribution in [3.63, 3.8) is 0 Å². The Morgan fingerprint density at radius 1 is 1.10 bits per heavy atom. The lowest BCUT2D eigenvalue weighted by molar-refractivity contribution is 0.0790. The summed E-state index contributed by atoms with van der Waals surface area (Å²) in [7, 11) is -3.82. The first kappa shape index (κ1) is 13.6. The Morgan fingerprint density at radius 3 is 2.57 bits per heavy atom. The third-order valence-electron chi connectivity index (χ3n) is 3.25. The van der Waals surface area contributed by atoms with Crippen molar-refractivity contribution in [2.75, 3.05) is 6.73 Å². The van der Waals surface area contributed by atoms with E-state index in [1.165, 1.54) is 12.1 Å². The van der Waals surface area contributed by atoms with Gasteiger partial charge in [-0.05, 0) is 36.8 Å². The molecule has 6 heteroatoms. The summed E-state index contributed by atoms with van der Waals surface area (Å²) in [6, 6.07) is 13.4. The molecule has 1 aliphatic rings. The lowest BCUT2D eigenvalue weighted by atomic mass is 10.2. The van der Waals surface area contributed by atoms with Crippen molar-refractivity contribution in [2.45, 2.75) is 11.8 Å². The second-order valence-corrected chi connectivity index (χ2v) is 6.58. The van der Waals surface area contributed by atoms with E-state index < -0.39 is 15.9 Å². The van der Waals surface area contributed by atoms with E-state index in [-0.39, 0.29) is 17.2 Å². The van der Waals surface area contributed by atoms with Gasteiger partial charge >= 0.3 is 0 Å². The van der Waals surface area contributed by atoms with Crippen molar-refractivity contribution in [3.8, 4) is 5.75 Å². The van der Waals surface area contributed by atoms with Gasteiger partial charge in [-0.25, -0.2) is 8.42 Å². The second-order valence-electron chi connectivity index (χ2n) is 4.74. The van der Waals surface area contributed by atoms with E-state index in [9.17, 15) is 13.2 Å². The van der Waals surface area contributed by atoms with Crippen LogP contribution in [-0.4, -0.2) is 25.4 Å². The molecule has 0 radical (unpaired) electrons. The third-order valence-corrected chi connectivity index (χ3v) is 5.01. The van der Waals surface area contributed by atoms with Crippen molar-refractivity contribution in [1.29, 1.82) is 0 Å². The lowest BCUT2D eigenvalue weighted by Gasteiger charge is -2.16. The topological polar surface area (TPSA) is 63.7 Å². The molecular weight excluding hydrogens is 290 g/mol. The number of nitrogens with zero attached hydrogens (tertiary/aromatic N) is 1. The summed E-state index contributed by atoms with van der Waals surface area (Å²) >= 11 is 0. The van der Waals surface area contributed by atoms with Gasteiger partial charge in [0, 0.05) is 0 Å². The molecule has 21 heavy (non-hydrogen) atoms. The van der Waals surface area contributed by atoms with Gasteiger partial charge in [0.25, 0.3) is 15.9 Å². The van der Waals surface area contributed by atoms with Crippen LogP contribution >= 0.6 is 0 Å². The van der Waals surface area contributed by atoms with Gasteiger partial charge in [0.05, 0.1) is 5.56 Å². The van der Waals surface area contributed by atoms with E-state index in [1.54, 1.807) is 30.3 Å². The van der Waals surface area contributed by atoms with Crippen LogP contribution in [0.5, 0.6) is 5.75 Å². The molecule has 0 aliphatic carbocycles. The fourth-order valence-electron chi connectivity index (χ4n) is 2.20. The first-order valence-corrected chi connectivity index (χ1v) is 7.80. The van der Waals surface area contributed by atoms with Gasteiger partial charge in [0.1, 0.15) is 10.6 Å². The molecule has 0 bridgehead atoms. The molecule has 0 aromatic heterocycles. The summed E-state index contributed by atoms with van der Waals surface area (Å²) in [6.45, 7) is 1.57. The van der Waals surface area contributed by atoms with E-state index in [4.69, 9.17) is 4.74 Å². The summed E-state index contributed by atoms with van der Waals surface area (Å²) in [4.78, 5) is 12.2. The maximum absolute atomic E-state index is 12.3. The van der Waals surface area contributed by atoms with Gasteiger partial charge in [-0.2, -0.15) is 4.31 Å². The number of carbonyl (C=O) groups excluding carboxylic acids is 1. The Labute approximate surface area is 122 Å². The quantitative estimate of drug-likeness (QED) is 0.872. The van der Waals surface area contributed by atoms with Crippen LogP contribution in [0.2, 0.25) is 0 Å². The zero-order valence-corrected chi connectivity index (χ0v) is 12.1. The highest BCUT2D eigenvalue weighted by atomic mass is 32.2. The van der Waals surface area contributed by atoms with Crippen molar-refractivity contribution >= 4 is 15.9 Å². The molecule has 1 amide bonds. The molecule has 108 valence electrons. The number of sulfonamides is 1. The Hall–Kier alpha value is -2.34. The zero-order chi connectivity index (χ0) is 15.0. The number of amides is 1. The molecule has 1 heterocycles. The molecule has 2 aromatic rings. The number of ether oxygens (including phenoxy) is 1. The molecule has 0 spiro atoms. The maximum Gasteiger partial charge on any atom is 0.271 e. The zero-order valence-electron chi connectivity index (χ0n) is 11.3.